The van der Waals surface area contributed by atoms with Crippen LogP contribution >= 0.6 is 0 Å². The van der Waals surface area contributed by atoms with Crippen LogP contribution in [0.5, 0.6) is 40.2 Å². The van der Waals surface area contributed by atoms with Crippen molar-refractivity contribution in [2.24, 2.45) is 0 Å². The second-order valence-electron chi connectivity index (χ2n) is 13.0. The standard InChI is InChI=1S/C37H38O20/c1-51-21-8-14(2-5-18(21)41)3-7-25(44)52-13-24-28(46)30(48)32(50)36(55-24)57-35-31(49)27(45)23(12-38)54-37(35)56-34-29(47)26-20(43)10-16(39)11-22(26)53-33(34)15-4-6-17(40)19(42)9-15/h2-11,23-24,27-28,30-32,35-43,45-46,48-50H,12-13H2,1H3/b7-3-. The predicted octanol–water partition coefficient (Wildman–Crippen LogP) is -0.736. The Bertz CT molecular complexity index is 2180. The van der Waals surface area contributed by atoms with Gasteiger partial charge >= 0.3 is 5.97 Å². The van der Waals surface area contributed by atoms with Crippen LogP contribution in [0.4, 0.5) is 0 Å². The average Bonchev–Trinajstić information content (AvgIpc) is 3.18. The second kappa shape index (κ2) is 16.8. The minimum absolute atomic E-state index is 0.104. The number of aliphatic hydroxyl groups excluding tert-OH is 6. The highest BCUT2D eigenvalue weighted by atomic mass is 16.8. The summed E-state index contributed by atoms with van der Waals surface area (Å²) in [5.74, 6) is -4.65. The zero-order valence-corrected chi connectivity index (χ0v) is 29.6. The van der Waals surface area contributed by atoms with E-state index in [0.29, 0.717) is 5.56 Å². The number of methoxy groups -OCH3 is 1. The van der Waals surface area contributed by atoms with Crippen LogP contribution in [-0.2, 0) is 23.7 Å². The lowest BCUT2D eigenvalue weighted by Gasteiger charge is -2.45. The van der Waals surface area contributed by atoms with Crippen LogP contribution in [0, 0.1) is 0 Å². The number of fused-ring (bicyclic) bond motifs is 1. The minimum Gasteiger partial charge on any atom is -0.508 e. The topological polar surface area (TPSA) is 325 Å². The van der Waals surface area contributed by atoms with Crippen LogP contribution in [0.2, 0.25) is 0 Å². The van der Waals surface area contributed by atoms with Gasteiger partial charge < -0.3 is 89.0 Å². The fraction of sp³-hybridized carbons (Fsp3) is 0.351. The molecule has 10 atom stereocenters. The SMILES string of the molecule is COc1cc(/C=C\C(=O)OCC2OC(OC3C(Oc4c(-c5ccc(O)c(O)c5)oc5cc(O)cc(O)c5c4=O)OC(CO)C(O)C3O)C(O)C(O)C2O)ccc1O. The molecule has 57 heavy (non-hydrogen) atoms. The Kier molecular flexibility index (Phi) is 12.1. The van der Waals surface area contributed by atoms with Gasteiger partial charge in [0.1, 0.15) is 71.8 Å². The number of aromatic hydroxyl groups is 5. The van der Waals surface area contributed by atoms with Gasteiger partial charge in [-0.25, -0.2) is 4.79 Å². The van der Waals surface area contributed by atoms with E-state index in [2.05, 4.69) is 0 Å². The van der Waals surface area contributed by atoms with E-state index in [0.717, 1.165) is 30.3 Å². The first-order valence-corrected chi connectivity index (χ1v) is 17.0. The van der Waals surface area contributed by atoms with Crippen molar-refractivity contribution in [3.8, 4) is 51.6 Å². The molecule has 2 aliphatic rings. The predicted molar refractivity (Wildman–Crippen MR) is 189 cm³/mol. The maximum Gasteiger partial charge on any atom is 0.330 e. The van der Waals surface area contributed by atoms with Crippen molar-refractivity contribution in [1.82, 2.24) is 0 Å². The van der Waals surface area contributed by atoms with Crippen LogP contribution in [-0.4, -0.2) is 144 Å². The number of aliphatic hydroxyl groups is 6. The van der Waals surface area contributed by atoms with Gasteiger partial charge in [0.25, 0.3) is 0 Å². The number of rotatable bonds is 11. The van der Waals surface area contributed by atoms with Crippen molar-refractivity contribution in [2.45, 2.75) is 61.4 Å². The Labute approximate surface area is 320 Å². The van der Waals surface area contributed by atoms with Gasteiger partial charge in [0, 0.05) is 23.8 Å². The highest BCUT2D eigenvalue weighted by Crippen LogP contribution is 2.40. The van der Waals surface area contributed by atoms with Gasteiger partial charge in [0.05, 0.1) is 13.7 Å². The molecule has 0 saturated carbocycles. The van der Waals surface area contributed by atoms with E-state index in [1.54, 1.807) is 0 Å². The third kappa shape index (κ3) is 8.39. The van der Waals surface area contributed by atoms with Crippen molar-refractivity contribution in [1.29, 1.82) is 0 Å². The molecular formula is C37H38O20. The van der Waals surface area contributed by atoms with Gasteiger partial charge in [-0.2, -0.15) is 0 Å². The average molecular weight is 803 g/mol. The Morgan fingerprint density at radius 1 is 0.772 bits per heavy atom. The number of ether oxygens (including phenoxy) is 6. The molecule has 6 rings (SSSR count). The van der Waals surface area contributed by atoms with Crippen LogP contribution in [0.15, 0.2) is 63.8 Å². The molecule has 2 aliphatic heterocycles. The molecule has 20 nitrogen and oxygen atoms in total. The first-order valence-electron chi connectivity index (χ1n) is 17.0. The molecule has 4 aromatic rings. The minimum atomic E-state index is -2.07. The lowest BCUT2D eigenvalue weighted by molar-refractivity contribution is -0.358. The molecule has 3 aromatic carbocycles. The molecule has 0 spiro atoms. The number of carbonyl (C=O) groups is 1. The molecular weight excluding hydrogens is 764 g/mol. The fourth-order valence-electron chi connectivity index (χ4n) is 6.14. The number of phenols is 5. The summed E-state index contributed by atoms with van der Waals surface area (Å²) >= 11 is 0. The second-order valence-corrected chi connectivity index (χ2v) is 13.0. The molecule has 10 unspecified atom stereocenters. The third-order valence-electron chi connectivity index (χ3n) is 9.18. The van der Waals surface area contributed by atoms with Gasteiger partial charge in [-0.05, 0) is 42.0 Å². The smallest absolute Gasteiger partial charge is 0.330 e. The molecule has 2 fully saturated rings. The third-order valence-corrected chi connectivity index (χ3v) is 9.18. The van der Waals surface area contributed by atoms with E-state index in [1.165, 1.54) is 37.5 Å². The Hall–Kier alpha value is -5.68. The summed E-state index contributed by atoms with van der Waals surface area (Å²) in [6.07, 6.45) is -16.7. The van der Waals surface area contributed by atoms with Crippen molar-refractivity contribution >= 4 is 23.0 Å². The van der Waals surface area contributed by atoms with Gasteiger partial charge in [0.15, 0.2) is 41.2 Å². The van der Waals surface area contributed by atoms with Crippen LogP contribution in [0.25, 0.3) is 28.4 Å². The number of hydrogen-bond donors (Lipinski definition) is 11. The number of esters is 1. The maximum atomic E-state index is 14.0. The molecule has 20 heteroatoms. The Morgan fingerprint density at radius 2 is 1.47 bits per heavy atom. The normalized spacial score (nSPS) is 27.7. The summed E-state index contributed by atoms with van der Waals surface area (Å²) in [5, 5.41) is 114. The van der Waals surface area contributed by atoms with Crippen molar-refractivity contribution < 1.29 is 93.8 Å². The molecule has 0 radical (unpaired) electrons. The van der Waals surface area contributed by atoms with E-state index < -0.39 is 126 Å². The molecule has 3 heterocycles. The number of carbonyl (C=O) groups excluding carboxylic acids is 1. The highest BCUT2D eigenvalue weighted by molar-refractivity contribution is 5.88. The monoisotopic (exact) mass is 802 g/mol. The molecule has 11 N–H and O–H groups in total. The maximum absolute atomic E-state index is 14.0. The van der Waals surface area contributed by atoms with E-state index in [-0.39, 0.29) is 22.6 Å². The fourth-order valence-corrected chi connectivity index (χ4v) is 6.14. The molecule has 1 aromatic heterocycles. The Balaban J connectivity index is 1.28. The van der Waals surface area contributed by atoms with Gasteiger partial charge in [0.2, 0.25) is 17.5 Å². The molecule has 0 amide bonds. The number of hydrogen-bond acceptors (Lipinski definition) is 20. The lowest BCUT2D eigenvalue weighted by atomic mass is 9.97. The molecule has 306 valence electrons. The first kappa shape index (κ1) is 41.0. The van der Waals surface area contributed by atoms with Crippen LogP contribution < -0.4 is 14.9 Å². The summed E-state index contributed by atoms with van der Waals surface area (Å²) in [7, 11) is 1.34. The van der Waals surface area contributed by atoms with E-state index in [1.807, 2.05) is 0 Å². The summed E-state index contributed by atoms with van der Waals surface area (Å²) in [5.41, 5.74) is -1.12. The van der Waals surface area contributed by atoms with Crippen LogP contribution in [0.1, 0.15) is 5.56 Å². The first-order chi connectivity index (χ1) is 27.1. The lowest BCUT2D eigenvalue weighted by Crippen LogP contribution is -2.65. The molecule has 0 aliphatic carbocycles. The van der Waals surface area contributed by atoms with E-state index in [4.69, 9.17) is 32.8 Å². The number of benzene rings is 3. The zero-order chi connectivity index (χ0) is 41.3. The van der Waals surface area contributed by atoms with E-state index in [9.17, 15) is 65.8 Å². The van der Waals surface area contributed by atoms with Gasteiger partial charge in [-0.1, -0.05) is 6.07 Å². The largest absolute Gasteiger partial charge is 0.508 e. The summed E-state index contributed by atoms with van der Waals surface area (Å²) in [6.45, 7) is -1.63. The zero-order valence-electron chi connectivity index (χ0n) is 29.6. The van der Waals surface area contributed by atoms with Crippen LogP contribution in [0.3, 0.4) is 0 Å². The van der Waals surface area contributed by atoms with Gasteiger partial charge in [-0.15, -0.1) is 0 Å². The van der Waals surface area contributed by atoms with Gasteiger partial charge in [-0.3, -0.25) is 4.79 Å². The summed E-state index contributed by atoms with van der Waals surface area (Å²) < 4.78 is 39.0. The quantitative estimate of drug-likeness (QED) is 0.0505. The van der Waals surface area contributed by atoms with E-state index >= 15 is 0 Å². The summed E-state index contributed by atoms with van der Waals surface area (Å²) in [4.78, 5) is 26.5. The Morgan fingerprint density at radius 3 is 2.18 bits per heavy atom. The highest BCUT2D eigenvalue weighted by Gasteiger charge is 2.52. The van der Waals surface area contributed by atoms with Crippen molar-refractivity contribution in [3.05, 3.63) is 70.4 Å². The van der Waals surface area contributed by atoms with Crippen molar-refractivity contribution in [3.63, 3.8) is 0 Å². The summed E-state index contributed by atoms with van der Waals surface area (Å²) in [6, 6.07) is 9.31. The van der Waals surface area contributed by atoms with Crippen molar-refractivity contribution in [2.75, 3.05) is 20.3 Å². The molecule has 2 saturated heterocycles. The number of phenolic OH excluding ortho intramolecular Hbond substituents is 5. The molecule has 0 bridgehead atoms.